The van der Waals surface area contributed by atoms with Crippen molar-refractivity contribution in [3.05, 3.63) is 94.5 Å². The van der Waals surface area contributed by atoms with Crippen LogP contribution in [0.15, 0.2) is 88.2 Å². The summed E-state index contributed by atoms with van der Waals surface area (Å²) in [4.78, 5) is 12.7. The molecule has 0 aliphatic carbocycles. The molecular weight excluding hydrogens is 414 g/mol. The Balaban J connectivity index is 1.79. The van der Waals surface area contributed by atoms with Crippen LogP contribution in [-0.4, -0.2) is 14.3 Å². The standard InChI is InChI=1S/C20H16BrNO3S/c21-17-8-5-9-18(13-17)22-20(23)16-7-4-6-15(12-16)14-26(24,25)19-10-2-1-3-11-19/h1-13H,14H2,(H,22,23). The zero-order valence-corrected chi connectivity index (χ0v) is 16.1. The Morgan fingerprint density at radius 2 is 1.62 bits per heavy atom. The molecule has 132 valence electrons. The second-order valence-electron chi connectivity index (χ2n) is 5.74. The predicted molar refractivity (Wildman–Crippen MR) is 106 cm³/mol. The number of sulfone groups is 1. The normalized spacial score (nSPS) is 11.1. The fourth-order valence-electron chi connectivity index (χ4n) is 2.50. The number of anilines is 1. The number of benzene rings is 3. The summed E-state index contributed by atoms with van der Waals surface area (Å²) in [7, 11) is -3.46. The highest BCUT2D eigenvalue weighted by Crippen LogP contribution is 2.19. The van der Waals surface area contributed by atoms with Gasteiger partial charge in [-0.15, -0.1) is 0 Å². The van der Waals surface area contributed by atoms with Gasteiger partial charge in [-0.25, -0.2) is 8.42 Å². The Labute approximate surface area is 160 Å². The zero-order chi connectivity index (χ0) is 18.6. The van der Waals surface area contributed by atoms with Crippen LogP contribution in [0.5, 0.6) is 0 Å². The molecule has 0 saturated heterocycles. The lowest BCUT2D eigenvalue weighted by molar-refractivity contribution is 0.102. The molecule has 0 aromatic heterocycles. The fourth-order valence-corrected chi connectivity index (χ4v) is 4.26. The average molecular weight is 430 g/mol. The lowest BCUT2D eigenvalue weighted by atomic mass is 10.1. The summed E-state index contributed by atoms with van der Waals surface area (Å²) in [6.45, 7) is 0. The van der Waals surface area contributed by atoms with Crippen molar-refractivity contribution in [3.63, 3.8) is 0 Å². The topological polar surface area (TPSA) is 63.2 Å². The smallest absolute Gasteiger partial charge is 0.255 e. The van der Waals surface area contributed by atoms with Crippen LogP contribution >= 0.6 is 15.9 Å². The molecule has 3 rings (SSSR count). The number of rotatable bonds is 5. The highest BCUT2D eigenvalue weighted by atomic mass is 79.9. The van der Waals surface area contributed by atoms with E-state index in [1.807, 2.05) is 12.1 Å². The minimum Gasteiger partial charge on any atom is -0.322 e. The molecule has 0 bridgehead atoms. The highest BCUT2D eigenvalue weighted by Gasteiger charge is 2.16. The first-order chi connectivity index (χ1) is 12.4. The van der Waals surface area contributed by atoms with Crippen molar-refractivity contribution < 1.29 is 13.2 Å². The molecule has 0 atom stereocenters. The van der Waals surface area contributed by atoms with Gasteiger partial charge >= 0.3 is 0 Å². The van der Waals surface area contributed by atoms with Crippen LogP contribution in [0.1, 0.15) is 15.9 Å². The number of hydrogen-bond acceptors (Lipinski definition) is 3. The van der Waals surface area contributed by atoms with Gasteiger partial charge in [-0.05, 0) is 48.0 Å². The van der Waals surface area contributed by atoms with Crippen molar-refractivity contribution in [1.82, 2.24) is 0 Å². The van der Waals surface area contributed by atoms with E-state index >= 15 is 0 Å². The molecule has 26 heavy (non-hydrogen) atoms. The zero-order valence-electron chi connectivity index (χ0n) is 13.7. The van der Waals surface area contributed by atoms with Crippen LogP contribution < -0.4 is 5.32 Å². The number of halogens is 1. The number of carbonyl (C=O) groups excluding carboxylic acids is 1. The Morgan fingerprint density at radius 1 is 0.885 bits per heavy atom. The lowest BCUT2D eigenvalue weighted by Gasteiger charge is -2.08. The van der Waals surface area contributed by atoms with Crippen molar-refractivity contribution in [2.24, 2.45) is 0 Å². The van der Waals surface area contributed by atoms with Gasteiger partial charge in [0.2, 0.25) is 0 Å². The quantitative estimate of drug-likeness (QED) is 0.640. The summed E-state index contributed by atoms with van der Waals surface area (Å²) in [5.74, 6) is -0.447. The third kappa shape index (κ3) is 4.59. The molecule has 3 aromatic rings. The maximum absolute atomic E-state index is 12.5. The molecule has 4 nitrogen and oxygen atoms in total. The first kappa shape index (κ1) is 18.4. The third-order valence-corrected chi connectivity index (χ3v) is 5.93. The Kier molecular flexibility index (Phi) is 5.54. The second kappa shape index (κ2) is 7.85. The lowest BCUT2D eigenvalue weighted by Crippen LogP contribution is -2.12. The van der Waals surface area contributed by atoms with Gasteiger partial charge in [0.1, 0.15) is 0 Å². The Morgan fingerprint density at radius 3 is 2.35 bits per heavy atom. The van der Waals surface area contributed by atoms with Gasteiger partial charge in [0.15, 0.2) is 9.84 Å². The Bertz CT molecular complexity index is 1030. The van der Waals surface area contributed by atoms with E-state index in [9.17, 15) is 13.2 Å². The van der Waals surface area contributed by atoms with E-state index in [2.05, 4.69) is 21.2 Å². The molecule has 0 spiro atoms. The van der Waals surface area contributed by atoms with Crippen LogP contribution in [0.2, 0.25) is 0 Å². The van der Waals surface area contributed by atoms with Gasteiger partial charge in [0, 0.05) is 15.7 Å². The van der Waals surface area contributed by atoms with E-state index in [-0.39, 0.29) is 16.6 Å². The number of hydrogen-bond donors (Lipinski definition) is 1. The van der Waals surface area contributed by atoms with E-state index in [0.29, 0.717) is 16.8 Å². The van der Waals surface area contributed by atoms with E-state index < -0.39 is 9.84 Å². The molecule has 0 heterocycles. The molecular formula is C20H16BrNO3S. The highest BCUT2D eigenvalue weighted by molar-refractivity contribution is 9.10. The minimum atomic E-state index is -3.46. The van der Waals surface area contributed by atoms with Crippen LogP contribution in [0.25, 0.3) is 0 Å². The van der Waals surface area contributed by atoms with Crippen molar-refractivity contribution in [3.8, 4) is 0 Å². The summed E-state index contributed by atoms with van der Waals surface area (Å²) in [5, 5.41) is 2.80. The van der Waals surface area contributed by atoms with Crippen molar-refractivity contribution in [2.75, 3.05) is 5.32 Å². The summed E-state index contributed by atoms with van der Waals surface area (Å²) in [6.07, 6.45) is 0. The van der Waals surface area contributed by atoms with Crippen LogP contribution in [-0.2, 0) is 15.6 Å². The predicted octanol–water partition coefficient (Wildman–Crippen LogP) is 4.68. The number of amides is 1. The fraction of sp³-hybridized carbons (Fsp3) is 0.0500. The maximum atomic E-state index is 12.5. The van der Waals surface area contributed by atoms with Gasteiger partial charge < -0.3 is 5.32 Å². The van der Waals surface area contributed by atoms with E-state index in [4.69, 9.17) is 0 Å². The molecule has 0 aliphatic rings. The van der Waals surface area contributed by atoms with Gasteiger partial charge in [-0.1, -0.05) is 52.3 Å². The first-order valence-electron chi connectivity index (χ1n) is 7.88. The van der Waals surface area contributed by atoms with Gasteiger partial charge in [-0.3, -0.25) is 4.79 Å². The molecule has 0 saturated carbocycles. The summed E-state index contributed by atoms with van der Waals surface area (Å²) >= 11 is 3.36. The molecule has 3 aromatic carbocycles. The molecule has 1 N–H and O–H groups in total. The second-order valence-corrected chi connectivity index (χ2v) is 8.64. The van der Waals surface area contributed by atoms with E-state index in [0.717, 1.165) is 4.47 Å². The van der Waals surface area contributed by atoms with Crippen LogP contribution in [0, 0.1) is 0 Å². The average Bonchev–Trinajstić information content (AvgIpc) is 2.62. The summed E-state index contributed by atoms with van der Waals surface area (Å²) in [6, 6.07) is 22.2. The van der Waals surface area contributed by atoms with Gasteiger partial charge in [-0.2, -0.15) is 0 Å². The first-order valence-corrected chi connectivity index (χ1v) is 10.3. The summed E-state index contributed by atoms with van der Waals surface area (Å²) < 4.78 is 25.9. The molecule has 0 unspecified atom stereocenters. The molecule has 1 amide bonds. The van der Waals surface area contributed by atoms with Crippen LogP contribution in [0.4, 0.5) is 5.69 Å². The summed E-state index contributed by atoms with van der Waals surface area (Å²) in [5.41, 5.74) is 1.63. The van der Waals surface area contributed by atoms with E-state index in [1.54, 1.807) is 66.7 Å². The molecule has 6 heteroatoms. The monoisotopic (exact) mass is 429 g/mol. The Hall–Kier alpha value is -2.44. The molecule has 0 fully saturated rings. The number of carbonyl (C=O) groups is 1. The van der Waals surface area contributed by atoms with Crippen molar-refractivity contribution in [2.45, 2.75) is 10.6 Å². The van der Waals surface area contributed by atoms with Crippen molar-refractivity contribution >= 4 is 37.4 Å². The van der Waals surface area contributed by atoms with Gasteiger partial charge in [0.25, 0.3) is 5.91 Å². The molecule has 0 aliphatic heterocycles. The largest absolute Gasteiger partial charge is 0.322 e. The van der Waals surface area contributed by atoms with Gasteiger partial charge in [0.05, 0.1) is 10.6 Å². The minimum absolute atomic E-state index is 0.158. The van der Waals surface area contributed by atoms with E-state index in [1.165, 1.54) is 0 Å². The SMILES string of the molecule is O=C(Nc1cccc(Br)c1)c1cccc(CS(=O)(=O)c2ccccc2)c1. The maximum Gasteiger partial charge on any atom is 0.255 e. The van der Waals surface area contributed by atoms with Crippen LogP contribution in [0.3, 0.4) is 0 Å². The molecule has 0 radical (unpaired) electrons. The third-order valence-electron chi connectivity index (χ3n) is 3.73. The number of nitrogens with one attached hydrogen (secondary N) is 1. The van der Waals surface area contributed by atoms with Crippen molar-refractivity contribution in [1.29, 1.82) is 0 Å².